The first kappa shape index (κ1) is 27.2. The zero-order valence-corrected chi connectivity index (χ0v) is 22.1. The molecule has 12 heteroatoms. The number of amides is 1. The molecule has 0 saturated heterocycles. The lowest BCUT2D eigenvalue weighted by Gasteiger charge is -2.06. The fraction of sp³-hybridized carbons (Fsp3) is 0.0345. The van der Waals surface area contributed by atoms with Crippen LogP contribution in [0.5, 0.6) is 0 Å². The minimum absolute atomic E-state index is 0.167. The molecule has 5 aromatic rings. The molecule has 0 spiro atoms. The molecule has 41 heavy (non-hydrogen) atoms. The van der Waals surface area contributed by atoms with Crippen LogP contribution >= 0.6 is 0 Å². The third kappa shape index (κ3) is 6.46. The average molecular weight is 571 g/mol. The van der Waals surface area contributed by atoms with Crippen LogP contribution in [-0.2, 0) is 24.3 Å². The van der Waals surface area contributed by atoms with Gasteiger partial charge in [0, 0.05) is 28.9 Å². The number of nitrogens with two attached hydrogens (primary N) is 1. The highest BCUT2D eigenvalue weighted by molar-refractivity contribution is 7.89. The van der Waals surface area contributed by atoms with E-state index >= 15 is 0 Å². The zero-order valence-electron chi connectivity index (χ0n) is 21.3. The summed E-state index contributed by atoms with van der Waals surface area (Å²) in [6.45, 7) is -0.632. The predicted octanol–water partition coefficient (Wildman–Crippen LogP) is 3.49. The molecule has 0 fully saturated rings. The summed E-state index contributed by atoms with van der Waals surface area (Å²) in [5.41, 5.74) is 1.64. The summed E-state index contributed by atoms with van der Waals surface area (Å²) in [5, 5.41) is 12.8. The van der Waals surface area contributed by atoms with Crippen LogP contribution in [0.1, 0.15) is 5.56 Å². The summed E-state index contributed by atoms with van der Waals surface area (Å²) in [6.07, 6.45) is 4.17. The Morgan fingerprint density at radius 2 is 1.76 bits per heavy atom. The molecule has 0 aliphatic carbocycles. The molecule has 0 atom stereocenters. The highest BCUT2D eigenvalue weighted by Crippen LogP contribution is 2.25. The number of fused-ring (bicyclic) bond motifs is 1. The number of carbonyl (C=O) groups excluding carboxylic acids is 2. The molecule has 0 bridgehead atoms. The van der Waals surface area contributed by atoms with Crippen LogP contribution in [0.2, 0.25) is 0 Å². The molecule has 206 valence electrons. The van der Waals surface area contributed by atoms with Gasteiger partial charge < -0.3 is 14.5 Å². The van der Waals surface area contributed by atoms with Gasteiger partial charge in [-0.25, -0.2) is 27.8 Å². The number of anilines is 1. The van der Waals surface area contributed by atoms with Crippen molar-refractivity contribution in [2.24, 2.45) is 5.14 Å². The number of carbonyl (C=O) groups is 2. The third-order valence-corrected chi connectivity index (χ3v) is 6.76. The van der Waals surface area contributed by atoms with Crippen LogP contribution in [-0.4, -0.2) is 36.7 Å². The van der Waals surface area contributed by atoms with Gasteiger partial charge in [-0.2, -0.15) is 5.10 Å². The van der Waals surface area contributed by atoms with Crippen molar-refractivity contribution in [1.82, 2.24) is 9.78 Å². The number of hydrogen-bond donors (Lipinski definition) is 2. The summed E-state index contributed by atoms with van der Waals surface area (Å²) >= 11 is 0. The van der Waals surface area contributed by atoms with Gasteiger partial charge in [-0.1, -0.05) is 42.5 Å². The second kappa shape index (κ2) is 11.4. The number of rotatable bonds is 8. The average Bonchev–Trinajstić information content (AvgIpc) is 3.39. The first-order valence-electron chi connectivity index (χ1n) is 12.1. The fourth-order valence-corrected chi connectivity index (χ4v) is 4.51. The van der Waals surface area contributed by atoms with E-state index in [1.807, 2.05) is 36.4 Å². The molecule has 1 amide bonds. The molecule has 3 aromatic carbocycles. The number of para-hydroxylation sites is 2. The Balaban J connectivity index is 1.35. The summed E-state index contributed by atoms with van der Waals surface area (Å²) in [7, 11) is -3.95. The predicted molar refractivity (Wildman–Crippen MR) is 151 cm³/mol. The van der Waals surface area contributed by atoms with Crippen molar-refractivity contribution in [1.29, 1.82) is 0 Å². The van der Waals surface area contributed by atoms with Gasteiger partial charge in [0.2, 0.25) is 10.0 Å². The third-order valence-electron chi connectivity index (χ3n) is 5.85. The number of ether oxygens (including phenoxy) is 1. The highest BCUT2D eigenvalue weighted by Gasteiger charge is 2.17. The van der Waals surface area contributed by atoms with Gasteiger partial charge >= 0.3 is 11.6 Å². The van der Waals surface area contributed by atoms with E-state index in [1.54, 1.807) is 35.1 Å². The maximum atomic E-state index is 12.9. The quantitative estimate of drug-likeness (QED) is 0.163. The molecule has 0 aliphatic rings. The van der Waals surface area contributed by atoms with E-state index in [9.17, 15) is 22.8 Å². The molecule has 2 aromatic heterocycles. The number of nitrogens with zero attached hydrogens (tertiary/aromatic N) is 2. The fourth-order valence-electron chi connectivity index (χ4n) is 3.95. The molecule has 0 aliphatic heterocycles. The van der Waals surface area contributed by atoms with E-state index in [0.717, 1.165) is 11.8 Å². The Morgan fingerprint density at radius 3 is 2.54 bits per heavy atom. The molecule has 0 radical (unpaired) electrons. The van der Waals surface area contributed by atoms with Crippen LogP contribution in [0.15, 0.2) is 111 Å². The van der Waals surface area contributed by atoms with Crippen molar-refractivity contribution in [3.8, 4) is 16.9 Å². The highest BCUT2D eigenvalue weighted by atomic mass is 32.2. The normalized spacial score (nSPS) is 11.5. The Labute approximate surface area is 233 Å². The first-order chi connectivity index (χ1) is 19.7. The van der Waals surface area contributed by atoms with Crippen LogP contribution in [0.25, 0.3) is 34.0 Å². The molecule has 0 unspecified atom stereocenters. The minimum atomic E-state index is -3.95. The SMILES string of the molecule is NS(=O)(=O)c1cccc(NC(=O)COC(=O)/C=C/c2cn(-c3ccccc3)nc2-c2cc3ccccc3oc2=O)c1. The second-order valence-corrected chi connectivity index (χ2v) is 10.3. The Hall–Kier alpha value is -5.33. The number of primary sulfonamides is 1. The topological polar surface area (TPSA) is 164 Å². The van der Waals surface area contributed by atoms with E-state index in [-0.39, 0.29) is 21.8 Å². The smallest absolute Gasteiger partial charge is 0.345 e. The molecule has 11 nitrogen and oxygen atoms in total. The van der Waals surface area contributed by atoms with Crippen LogP contribution < -0.4 is 16.1 Å². The zero-order chi connectivity index (χ0) is 29.0. The van der Waals surface area contributed by atoms with Gasteiger partial charge in [0.25, 0.3) is 5.91 Å². The number of sulfonamides is 1. The van der Waals surface area contributed by atoms with Crippen molar-refractivity contribution in [3.05, 3.63) is 113 Å². The lowest BCUT2D eigenvalue weighted by atomic mass is 10.1. The number of nitrogens with one attached hydrogen (secondary N) is 1. The van der Waals surface area contributed by atoms with Crippen molar-refractivity contribution in [2.45, 2.75) is 4.90 Å². The van der Waals surface area contributed by atoms with Gasteiger partial charge in [-0.3, -0.25) is 4.79 Å². The van der Waals surface area contributed by atoms with Gasteiger partial charge in [0.05, 0.1) is 16.1 Å². The number of aromatic nitrogens is 2. The largest absolute Gasteiger partial charge is 0.452 e. The molecule has 3 N–H and O–H groups in total. The van der Waals surface area contributed by atoms with Crippen molar-refractivity contribution < 1.29 is 27.2 Å². The van der Waals surface area contributed by atoms with E-state index < -0.39 is 34.1 Å². The Morgan fingerprint density at radius 1 is 1.00 bits per heavy atom. The van der Waals surface area contributed by atoms with E-state index in [1.165, 1.54) is 30.3 Å². The van der Waals surface area contributed by atoms with Gasteiger partial charge in [-0.15, -0.1) is 0 Å². The number of benzene rings is 3. The van der Waals surface area contributed by atoms with Crippen LogP contribution in [0.4, 0.5) is 5.69 Å². The molecule has 0 saturated carbocycles. The Bertz CT molecular complexity index is 1960. The maximum Gasteiger partial charge on any atom is 0.345 e. The van der Waals surface area contributed by atoms with Gasteiger partial charge in [-0.05, 0) is 48.5 Å². The number of hydrogen-bond acceptors (Lipinski definition) is 8. The van der Waals surface area contributed by atoms with Crippen molar-refractivity contribution >= 4 is 44.6 Å². The number of esters is 1. The summed E-state index contributed by atoms with van der Waals surface area (Å²) in [4.78, 5) is 37.4. The first-order valence-corrected chi connectivity index (χ1v) is 13.7. The van der Waals surface area contributed by atoms with Crippen LogP contribution in [0.3, 0.4) is 0 Å². The van der Waals surface area contributed by atoms with E-state index in [0.29, 0.717) is 16.5 Å². The summed E-state index contributed by atoms with van der Waals surface area (Å²) < 4.78 is 35.1. The maximum absolute atomic E-state index is 12.9. The standard InChI is InChI=1S/C29H22N4O7S/c30-41(37,38)23-11-6-8-21(16-23)31-26(34)18-39-27(35)14-13-20-17-33(22-9-2-1-3-10-22)32-28(20)24-15-19-7-4-5-12-25(19)40-29(24)36/h1-17H,18H2,(H,31,34)(H2,30,37,38)/b14-13+. The molecule has 5 rings (SSSR count). The van der Waals surface area contributed by atoms with Crippen LogP contribution in [0, 0.1) is 0 Å². The second-order valence-electron chi connectivity index (χ2n) is 8.76. The van der Waals surface area contributed by atoms with Gasteiger partial charge in [0.1, 0.15) is 11.3 Å². The molecular weight excluding hydrogens is 548 g/mol. The van der Waals surface area contributed by atoms with E-state index in [4.69, 9.17) is 14.3 Å². The summed E-state index contributed by atoms with van der Waals surface area (Å²) in [6, 6.07) is 23.3. The summed E-state index contributed by atoms with van der Waals surface area (Å²) in [5.74, 6) is -1.52. The van der Waals surface area contributed by atoms with Crippen molar-refractivity contribution in [2.75, 3.05) is 11.9 Å². The minimum Gasteiger partial charge on any atom is -0.452 e. The molecular formula is C29H22N4O7S. The Kier molecular flexibility index (Phi) is 7.59. The van der Waals surface area contributed by atoms with Crippen molar-refractivity contribution in [3.63, 3.8) is 0 Å². The van der Waals surface area contributed by atoms with Gasteiger partial charge in [0.15, 0.2) is 6.61 Å². The lowest BCUT2D eigenvalue weighted by molar-refractivity contribution is -0.142. The molecule has 2 heterocycles. The van der Waals surface area contributed by atoms with E-state index in [2.05, 4.69) is 10.4 Å². The lowest BCUT2D eigenvalue weighted by Crippen LogP contribution is -2.20. The monoisotopic (exact) mass is 570 g/mol.